The van der Waals surface area contributed by atoms with Crippen molar-refractivity contribution in [2.75, 3.05) is 25.7 Å². The molecular weight excluding hydrogens is 384 g/mol. The second-order valence-corrected chi connectivity index (χ2v) is 9.74. The van der Waals surface area contributed by atoms with Crippen LogP contribution >= 0.6 is 12.2 Å². The molecule has 1 atom stereocenters. The number of nitrogens with zero attached hydrogens (tertiary/aromatic N) is 4. The average Bonchev–Trinajstić information content (AvgIpc) is 3.14. The maximum Gasteiger partial charge on any atom is 0.204 e. The summed E-state index contributed by atoms with van der Waals surface area (Å²) in [5.74, 6) is 1.21. The Bertz CT molecular complexity index is 1200. The molecule has 0 bridgehead atoms. The van der Waals surface area contributed by atoms with Crippen LogP contribution in [-0.4, -0.2) is 59.2 Å². The van der Waals surface area contributed by atoms with E-state index >= 15 is 0 Å². The van der Waals surface area contributed by atoms with Gasteiger partial charge in [0.05, 0.1) is 30.8 Å². The number of hydrogen-bond donors (Lipinski definition) is 0. The van der Waals surface area contributed by atoms with E-state index in [1.807, 2.05) is 47.5 Å². The van der Waals surface area contributed by atoms with Crippen LogP contribution < -0.4 is 4.74 Å². The molecule has 1 saturated heterocycles. The quantitative estimate of drug-likeness (QED) is 0.620. The molecule has 0 saturated carbocycles. The van der Waals surface area contributed by atoms with E-state index < -0.39 is 9.84 Å². The Morgan fingerprint density at radius 3 is 2.81 bits per heavy atom. The molecule has 0 spiro atoms. The van der Waals surface area contributed by atoms with Crippen molar-refractivity contribution in [1.82, 2.24) is 19.1 Å². The van der Waals surface area contributed by atoms with Gasteiger partial charge in [-0.1, -0.05) is 0 Å². The van der Waals surface area contributed by atoms with Gasteiger partial charge in [-0.2, -0.15) is 5.10 Å². The minimum Gasteiger partial charge on any atom is -0.497 e. The summed E-state index contributed by atoms with van der Waals surface area (Å²) in [6.07, 6.45) is 0.652. The number of pyridine rings is 1. The molecule has 9 heteroatoms. The number of methoxy groups -OCH3 is 1. The fraction of sp³-hybridized carbons (Fsp3) is 0.444. The molecule has 0 radical (unpaired) electrons. The van der Waals surface area contributed by atoms with E-state index in [1.165, 1.54) is 0 Å². The highest BCUT2D eigenvalue weighted by molar-refractivity contribution is 7.91. The summed E-state index contributed by atoms with van der Waals surface area (Å²) in [6, 6.07) is 7.94. The van der Waals surface area contributed by atoms with Crippen molar-refractivity contribution < 1.29 is 13.2 Å². The van der Waals surface area contributed by atoms with Gasteiger partial charge >= 0.3 is 0 Å². The van der Waals surface area contributed by atoms with Crippen molar-refractivity contribution in [1.29, 1.82) is 0 Å². The van der Waals surface area contributed by atoms with Crippen molar-refractivity contribution in [3.63, 3.8) is 0 Å². The number of sulfone groups is 1. The zero-order valence-electron chi connectivity index (χ0n) is 15.5. The van der Waals surface area contributed by atoms with Crippen LogP contribution in [0.25, 0.3) is 16.6 Å². The van der Waals surface area contributed by atoms with E-state index in [0.717, 1.165) is 27.9 Å². The minimum atomic E-state index is -2.93. The Morgan fingerprint density at radius 1 is 1.37 bits per heavy atom. The van der Waals surface area contributed by atoms with Crippen molar-refractivity contribution in [3.8, 4) is 5.75 Å². The third-order valence-corrected chi connectivity index (χ3v) is 7.41. The molecule has 1 fully saturated rings. The van der Waals surface area contributed by atoms with E-state index in [1.54, 1.807) is 11.8 Å². The van der Waals surface area contributed by atoms with Crippen LogP contribution in [0, 0.1) is 11.7 Å². The third-order valence-electron chi connectivity index (χ3n) is 5.27. The largest absolute Gasteiger partial charge is 0.497 e. The molecule has 0 N–H and O–H groups in total. The fourth-order valence-electron chi connectivity index (χ4n) is 3.71. The first-order valence-electron chi connectivity index (χ1n) is 8.76. The van der Waals surface area contributed by atoms with Gasteiger partial charge < -0.3 is 4.74 Å². The first-order valence-corrected chi connectivity index (χ1v) is 11.0. The molecule has 144 valence electrons. The van der Waals surface area contributed by atoms with Crippen LogP contribution in [0.4, 0.5) is 0 Å². The molecular formula is C18H22N4O3S2. The lowest BCUT2D eigenvalue weighted by atomic mass is 10.1. The van der Waals surface area contributed by atoms with Gasteiger partial charge in [0.2, 0.25) is 4.77 Å². The predicted octanol–water partition coefficient (Wildman–Crippen LogP) is 2.41. The lowest BCUT2D eigenvalue weighted by Gasteiger charge is -2.22. The van der Waals surface area contributed by atoms with Gasteiger partial charge in [-0.25, -0.2) is 13.1 Å². The predicted molar refractivity (Wildman–Crippen MR) is 108 cm³/mol. The number of rotatable bonds is 4. The molecule has 0 amide bonds. The van der Waals surface area contributed by atoms with Gasteiger partial charge in [-0.05, 0) is 56.4 Å². The Balaban J connectivity index is 1.78. The van der Waals surface area contributed by atoms with E-state index in [2.05, 4.69) is 5.10 Å². The molecule has 1 unspecified atom stereocenters. The number of aryl methyl sites for hydroxylation is 1. The second kappa shape index (κ2) is 6.57. The summed E-state index contributed by atoms with van der Waals surface area (Å²) in [7, 11) is 0.635. The summed E-state index contributed by atoms with van der Waals surface area (Å²) >= 11 is 5.69. The van der Waals surface area contributed by atoms with Gasteiger partial charge in [0.15, 0.2) is 15.5 Å². The van der Waals surface area contributed by atoms with E-state index in [0.29, 0.717) is 17.9 Å². The topological polar surface area (TPSA) is 68.8 Å². The molecule has 3 aromatic rings. The maximum atomic E-state index is 11.8. The fourth-order valence-corrected chi connectivity index (χ4v) is 5.81. The summed E-state index contributed by atoms with van der Waals surface area (Å²) < 4.78 is 33.2. The normalized spacial score (nSPS) is 19.3. The second-order valence-electron chi connectivity index (χ2n) is 7.14. The van der Waals surface area contributed by atoms with Gasteiger partial charge in [-0.15, -0.1) is 0 Å². The van der Waals surface area contributed by atoms with Crippen molar-refractivity contribution in [3.05, 3.63) is 34.6 Å². The summed E-state index contributed by atoms with van der Waals surface area (Å²) in [5, 5.41) is 5.76. The lowest BCUT2D eigenvalue weighted by Crippen LogP contribution is -2.34. The Hall–Kier alpha value is -1.97. The van der Waals surface area contributed by atoms with Gasteiger partial charge in [-0.3, -0.25) is 9.30 Å². The number of fused-ring (bicyclic) bond motifs is 3. The van der Waals surface area contributed by atoms with Crippen molar-refractivity contribution in [2.24, 2.45) is 0 Å². The van der Waals surface area contributed by atoms with Gasteiger partial charge in [0.25, 0.3) is 0 Å². The van der Waals surface area contributed by atoms with Crippen molar-refractivity contribution >= 4 is 38.6 Å². The highest BCUT2D eigenvalue weighted by Crippen LogP contribution is 2.26. The molecule has 7 nitrogen and oxygen atoms in total. The highest BCUT2D eigenvalue weighted by atomic mass is 32.2. The van der Waals surface area contributed by atoms with E-state index in [9.17, 15) is 8.42 Å². The number of aromatic nitrogens is 3. The van der Waals surface area contributed by atoms with Crippen LogP contribution in [0.5, 0.6) is 5.75 Å². The van der Waals surface area contributed by atoms with E-state index in [-0.39, 0.29) is 17.5 Å². The SMILES string of the molecule is COc1ccc2c(C)cc3nn(CN(C)C4CCS(=O)(=O)C4)c(=S)n3c2c1. The standard InChI is InChI=1S/C18H22N4O3S2/c1-12-8-17-19-21(11-20(2)13-6-7-27(23,24)10-13)18(26)22(17)16-9-14(25-3)4-5-15(12)16/h4-5,8-9,13H,6-7,10-11H2,1-3H3. The monoisotopic (exact) mass is 406 g/mol. The molecule has 1 aliphatic rings. The smallest absolute Gasteiger partial charge is 0.204 e. The Kier molecular flexibility index (Phi) is 4.48. The van der Waals surface area contributed by atoms with Gasteiger partial charge in [0, 0.05) is 17.5 Å². The number of hydrogen-bond acceptors (Lipinski definition) is 6. The lowest BCUT2D eigenvalue weighted by molar-refractivity contribution is 0.197. The Morgan fingerprint density at radius 2 is 2.15 bits per heavy atom. The molecule has 27 heavy (non-hydrogen) atoms. The molecule has 4 rings (SSSR count). The summed E-state index contributed by atoms with van der Waals surface area (Å²) in [5.41, 5.74) is 2.83. The zero-order chi connectivity index (χ0) is 19.3. The molecule has 3 heterocycles. The van der Waals surface area contributed by atoms with E-state index in [4.69, 9.17) is 17.0 Å². The van der Waals surface area contributed by atoms with Gasteiger partial charge in [0.1, 0.15) is 5.75 Å². The molecule has 2 aromatic heterocycles. The van der Waals surface area contributed by atoms with Crippen LogP contribution in [0.15, 0.2) is 24.3 Å². The van der Waals surface area contributed by atoms with Crippen molar-refractivity contribution in [2.45, 2.75) is 26.1 Å². The first-order chi connectivity index (χ1) is 12.8. The zero-order valence-corrected chi connectivity index (χ0v) is 17.2. The van der Waals surface area contributed by atoms with Crippen LogP contribution in [0.3, 0.4) is 0 Å². The van der Waals surface area contributed by atoms with Crippen LogP contribution in [0.2, 0.25) is 0 Å². The molecule has 1 aliphatic heterocycles. The number of benzene rings is 1. The summed E-state index contributed by atoms with van der Waals surface area (Å²) in [6.45, 7) is 2.50. The minimum absolute atomic E-state index is 0.000265. The Labute approximate surface area is 163 Å². The van der Waals surface area contributed by atoms with Crippen LogP contribution in [0.1, 0.15) is 12.0 Å². The highest BCUT2D eigenvalue weighted by Gasteiger charge is 2.30. The van der Waals surface area contributed by atoms with Crippen LogP contribution in [-0.2, 0) is 16.5 Å². The molecule has 0 aliphatic carbocycles. The average molecular weight is 407 g/mol. The first kappa shape index (κ1) is 18.4. The molecule has 1 aromatic carbocycles. The third kappa shape index (κ3) is 3.24. The summed E-state index contributed by atoms with van der Waals surface area (Å²) in [4.78, 5) is 2.02. The maximum absolute atomic E-state index is 11.8. The number of ether oxygens (including phenoxy) is 1.